The van der Waals surface area contributed by atoms with Gasteiger partial charge in [-0.1, -0.05) is 18.2 Å². The molecule has 7 heteroatoms. The lowest BCUT2D eigenvalue weighted by atomic mass is 10.1. The monoisotopic (exact) mass is 364 g/mol. The number of carbonyl (C=O) groups is 1. The van der Waals surface area contributed by atoms with E-state index in [4.69, 9.17) is 4.98 Å². The number of benzene rings is 1. The maximum absolute atomic E-state index is 11.9. The number of piperidine rings is 1. The predicted octanol–water partition coefficient (Wildman–Crippen LogP) is 3.03. The second kappa shape index (κ2) is 7.65. The molecule has 3 aromatic rings. The summed E-state index contributed by atoms with van der Waals surface area (Å²) in [5.41, 5.74) is 1.12. The molecule has 0 spiro atoms. The number of rotatable bonds is 4. The summed E-state index contributed by atoms with van der Waals surface area (Å²) in [6.45, 7) is 4.08. The van der Waals surface area contributed by atoms with E-state index in [1.54, 1.807) is 6.20 Å². The first-order valence-corrected chi connectivity index (χ1v) is 9.43. The summed E-state index contributed by atoms with van der Waals surface area (Å²) in [7, 11) is 0. The minimum atomic E-state index is 0.0219. The van der Waals surface area contributed by atoms with Gasteiger partial charge in [0.05, 0.1) is 5.52 Å². The average Bonchev–Trinajstić information content (AvgIpc) is 3.13. The number of amides is 2. The van der Waals surface area contributed by atoms with Gasteiger partial charge in [-0.3, -0.25) is 0 Å². The molecular weight excluding hydrogens is 340 g/mol. The first kappa shape index (κ1) is 17.3. The Bertz CT molecular complexity index is 929. The molecule has 1 saturated heterocycles. The third kappa shape index (κ3) is 3.72. The molecule has 0 unspecified atom stereocenters. The molecule has 2 N–H and O–H groups in total. The first-order chi connectivity index (χ1) is 13.2. The first-order valence-electron chi connectivity index (χ1n) is 9.43. The van der Waals surface area contributed by atoms with Crippen molar-refractivity contribution < 1.29 is 4.79 Å². The van der Waals surface area contributed by atoms with Crippen molar-refractivity contribution in [2.45, 2.75) is 25.8 Å². The zero-order valence-electron chi connectivity index (χ0n) is 15.4. The van der Waals surface area contributed by atoms with Gasteiger partial charge in [0.2, 0.25) is 5.95 Å². The normalized spacial score (nSPS) is 15.1. The zero-order valence-corrected chi connectivity index (χ0v) is 15.4. The van der Waals surface area contributed by atoms with E-state index in [-0.39, 0.29) is 12.1 Å². The smallest absolute Gasteiger partial charge is 0.317 e. The summed E-state index contributed by atoms with van der Waals surface area (Å²) in [6, 6.07) is 12.5. The van der Waals surface area contributed by atoms with Crippen LogP contribution in [0.15, 0.2) is 48.8 Å². The molecule has 1 fully saturated rings. The molecule has 1 aliphatic rings. The molecule has 1 aromatic carbocycles. The van der Waals surface area contributed by atoms with Crippen LogP contribution in [-0.4, -0.2) is 51.1 Å². The molecule has 140 valence electrons. The number of nitrogens with one attached hydrogen (secondary N) is 2. The van der Waals surface area contributed by atoms with Gasteiger partial charge in [-0.25, -0.2) is 9.78 Å². The summed E-state index contributed by atoms with van der Waals surface area (Å²) >= 11 is 0. The number of hydrogen-bond donors (Lipinski definition) is 2. The van der Waals surface area contributed by atoms with Gasteiger partial charge in [-0.15, -0.1) is 0 Å². The molecule has 1 aliphatic heterocycles. The lowest BCUT2D eigenvalue weighted by Crippen LogP contribution is -2.46. The molecule has 0 radical (unpaired) electrons. The van der Waals surface area contributed by atoms with Crippen molar-refractivity contribution in [1.29, 1.82) is 0 Å². The number of anilines is 1. The minimum Gasteiger partial charge on any atom is -0.351 e. The van der Waals surface area contributed by atoms with Crippen molar-refractivity contribution in [3.8, 4) is 5.82 Å². The van der Waals surface area contributed by atoms with E-state index >= 15 is 0 Å². The van der Waals surface area contributed by atoms with Gasteiger partial charge in [-0.2, -0.15) is 4.98 Å². The van der Waals surface area contributed by atoms with Crippen LogP contribution in [0, 0.1) is 0 Å². The number of likely N-dealkylation sites (tertiary alicyclic amines) is 1. The molecule has 4 rings (SSSR count). The standard InChI is InChI=1S/C20H24N6O/c1-2-21-20(27)25-12-9-16(10-13-25)23-19-22-11-7-18(24-19)26-14-8-15-5-3-4-6-17(15)26/h3-8,11,14,16H,2,9-10,12-13H2,1H3,(H,21,27)(H,22,23,24). The predicted molar refractivity (Wildman–Crippen MR) is 106 cm³/mol. The van der Waals surface area contributed by atoms with Gasteiger partial charge in [0, 0.05) is 38.1 Å². The van der Waals surface area contributed by atoms with Crippen LogP contribution >= 0.6 is 0 Å². The Labute approximate surface area is 158 Å². The molecule has 3 heterocycles. The van der Waals surface area contributed by atoms with E-state index in [0.717, 1.165) is 37.3 Å². The molecule has 0 atom stereocenters. The highest BCUT2D eigenvalue weighted by molar-refractivity contribution is 5.81. The quantitative estimate of drug-likeness (QED) is 0.746. The number of hydrogen-bond acceptors (Lipinski definition) is 4. The van der Waals surface area contributed by atoms with Crippen LogP contribution < -0.4 is 10.6 Å². The lowest BCUT2D eigenvalue weighted by molar-refractivity contribution is 0.184. The number of aromatic nitrogens is 3. The van der Waals surface area contributed by atoms with Gasteiger partial charge < -0.3 is 20.1 Å². The van der Waals surface area contributed by atoms with E-state index in [9.17, 15) is 4.79 Å². The summed E-state index contributed by atoms with van der Waals surface area (Å²) < 4.78 is 2.07. The molecule has 0 saturated carbocycles. The topological polar surface area (TPSA) is 75.1 Å². The molecule has 0 bridgehead atoms. The van der Waals surface area contributed by atoms with E-state index in [1.165, 1.54) is 5.39 Å². The van der Waals surface area contributed by atoms with Crippen molar-refractivity contribution >= 4 is 22.9 Å². The summed E-state index contributed by atoms with van der Waals surface area (Å²) in [4.78, 5) is 22.8. The van der Waals surface area contributed by atoms with Crippen molar-refractivity contribution in [2.24, 2.45) is 0 Å². The second-order valence-corrected chi connectivity index (χ2v) is 6.72. The fourth-order valence-electron chi connectivity index (χ4n) is 3.51. The van der Waals surface area contributed by atoms with Gasteiger partial charge in [0.25, 0.3) is 0 Å². The van der Waals surface area contributed by atoms with Crippen molar-refractivity contribution in [3.63, 3.8) is 0 Å². The van der Waals surface area contributed by atoms with Crippen LogP contribution in [0.1, 0.15) is 19.8 Å². The van der Waals surface area contributed by atoms with Crippen LogP contribution in [0.5, 0.6) is 0 Å². The summed E-state index contributed by atoms with van der Waals surface area (Å²) in [5.74, 6) is 1.47. The SMILES string of the molecule is CCNC(=O)N1CCC(Nc2nccc(-n3ccc4ccccc43)n2)CC1. The summed E-state index contributed by atoms with van der Waals surface area (Å²) in [5, 5.41) is 7.47. The zero-order chi connectivity index (χ0) is 18.6. The van der Waals surface area contributed by atoms with E-state index in [2.05, 4.69) is 38.4 Å². The molecular formula is C20H24N6O. The fraction of sp³-hybridized carbons (Fsp3) is 0.350. The molecule has 2 aromatic heterocycles. The van der Waals surface area contributed by atoms with Crippen LogP contribution in [0.2, 0.25) is 0 Å². The lowest BCUT2D eigenvalue weighted by Gasteiger charge is -2.32. The third-order valence-corrected chi connectivity index (χ3v) is 4.93. The maximum Gasteiger partial charge on any atom is 0.317 e. The highest BCUT2D eigenvalue weighted by Gasteiger charge is 2.22. The van der Waals surface area contributed by atoms with E-state index in [0.29, 0.717) is 12.5 Å². The van der Waals surface area contributed by atoms with Crippen molar-refractivity contribution in [3.05, 3.63) is 48.8 Å². The summed E-state index contributed by atoms with van der Waals surface area (Å²) in [6.07, 6.45) is 5.58. The Hall–Kier alpha value is -3.09. The Morgan fingerprint density at radius 3 is 2.81 bits per heavy atom. The van der Waals surface area contributed by atoms with Crippen LogP contribution in [0.3, 0.4) is 0 Å². The number of carbonyl (C=O) groups excluding carboxylic acids is 1. The Kier molecular flexibility index (Phi) is 4.91. The van der Waals surface area contributed by atoms with Crippen LogP contribution in [0.4, 0.5) is 10.7 Å². The van der Waals surface area contributed by atoms with Crippen LogP contribution in [0.25, 0.3) is 16.7 Å². The van der Waals surface area contributed by atoms with E-state index in [1.807, 2.05) is 36.2 Å². The van der Waals surface area contributed by atoms with Crippen molar-refractivity contribution in [2.75, 3.05) is 25.0 Å². The average molecular weight is 364 g/mol. The number of nitrogens with zero attached hydrogens (tertiary/aromatic N) is 4. The van der Waals surface area contributed by atoms with Crippen molar-refractivity contribution in [1.82, 2.24) is 24.8 Å². The Morgan fingerprint density at radius 2 is 2.00 bits per heavy atom. The van der Waals surface area contributed by atoms with Gasteiger partial charge in [0.15, 0.2) is 0 Å². The van der Waals surface area contributed by atoms with E-state index < -0.39 is 0 Å². The van der Waals surface area contributed by atoms with Gasteiger partial charge in [-0.05, 0) is 43.4 Å². The van der Waals surface area contributed by atoms with Gasteiger partial charge >= 0.3 is 6.03 Å². The number of fused-ring (bicyclic) bond motifs is 1. The fourth-order valence-corrected chi connectivity index (χ4v) is 3.51. The Morgan fingerprint density at radius 1 is 1.19 bits per heavy atom. The number of urea groups is 1. The minimum absolute atomic E-state index is 0.0219. The molecule has 0 aliphatic carbocycles. The second-order valence-electron chi connectivity index (χ2n) is 6.72. The largest absolute Gasteiger partial charge is 0.351 e. The Balaban J connectivity index is 1.44. The molecule has 27 heavy (non-hydrogen) atoms. The highest BCUT2D eigenvalue weighted by Crippen LogP contribution is 2.20. The third-order valence-electron chi connectivity index (χ3n) is 4.93. The molecule has 2 amide bonds. The number of para-hydroxylation sites is 1. The maximum atomic E-state index is 11.9. The van der Waals surface area contributed by atoms with Gasteiger partial charge in [0.1, 0.15) is 5.82 Å². The van der Waals surface area contributed by atoms with Crippen LogP contribution in [-0.2, 0) is 0 Å². The molecule has 7 nitrogen and oxygen atoms in total. The highest BCUT2D eigenvalue weighted by atomic mass is 16.2.